The predicted octanol–water partition coefficient (Wildman–Crippen LogP) is 18.5. The Bertz CT molecular complexity index is 4230. The molecule has 1 spiro atoms. The van der Waals surface area contributed by atoms with Gasteiger partial charge in [-0.1, -0.05) is 218 Å². The highest BCUT2D eigenvalue weighted by molar-refractivity contribution is 6.13. The fraction of sp³-hybridized carbons (Fsp3) is 0.0141. The first kappa shape index (κ1) is 42.8. The summed E-state index contributed by atoms with van der Waals surface area (Å²) < 4.78 is 6.61. The van der Waals surface area contributed by atoms with Gasteiger partial charge in [0.05, 0.1) is 22.5 Å². The van der Waals surface area contributed by atoms with Gasteiger partial charge in [0, 0.05) is 44.4 Å². The second-order valence-corrected chi connectivity index (χ2v) is 19.6. The lowest BCUT2D eigenvalue weighted by Crippen LogP contribution is -2.26. The Morgan fingerprint density at radius 1 is 0.320 bits per heavy atom. The minimum atomic E-state index is -0.459. The van der Waals surface area contributed by atoms with E-state index < -0.39 is 5.41 Å². The molecule has 350 valence electrons. The molecular weight excluding hydrogens is 911 g/mol. The Labute approximate surface area is 435 Å². The van der Waals surface area contributed by atoms with Crippen LogP contribution in [-0.2, 0) is 5.41 Å². The molecule has 0 saturated carbocycles. The Morgan fingerprint density at radius 3 is 1.45 bits per heavy atom. The van der Waals surface area contributed by atoms with E-state index in [0.717, 1.165) is 78.2 Å². The molecule has 4 nitrogen and oxygen atoms in total. The fourth-order valence-corrected chi connectivity index (χ4v) is 12.3. The van der Waals surface area contributed by atoms with Crippen LogP contribution in [0.2, 0.25) is 0 Å². The van der Waals surface area contributed by atoms with Crippen molar-refractivity contribution in [2.24, 2.45) is 0 Å². The minimum absolute atomic E-state index is 0.459. The number of rotatable bonds is 8. The van der Waals surface area contributed by atoms with Gasteiger partial charge in [0.25, 0.3) is 0 Å². The van der Waals surface area contributed by atoms with Crippen molar-refractivity contribution in [3.05, 3.63) is 295 Å². The van der Waals surface area contributed by atoms with Crippen molar-refractivity contribution in [1.82, 2.24) is 9.97 Å². The van der Waals surface area contributed by atoms with Gasteiger partial charge in [0.1, 0.15) is 11.2 Å². The number of fused-ring (bicyclic) bond motifs is 13. The average Bonchev–Trinajstić information content (AvgIpc) is 4.23. The summed E-state index contributed by atoms with van der Waals surface area (Å²) in [4.78, 5) is 12.8. The van der Waals surface area contributed by atoms with Crippen LogP contribution in [0.5, 0.6) is 0 Å². The molecule has 2 aliphatic carbocycles. The third-order valence-corrected chi connectivity index (χ3v) is 15.5. The van der Waals surface area contributed by atoms with Gasteiger partial charge in [-0.25, -0.2) is 9.97 Å². The van der Waals surface area contributed by atoms with Crippen molar-refractivity contribution in [2.75, 3.05) is 4.90 Å². The topological polar surface area (TPSA) is 42.2 Å². The van der Waals surface area contributed by atoms with E-state index in [4.69, 9.17) is 14.4 Å². The Hall–Kier alpha value is -9.90. The highest BCUT2D eigenvalue weighted by Crippen LogP contribution is 2.64. The summed E-state index contributed by atoms with van der Waals surface area (Å²) in [5.41, 5.74) is 24.1. The van der Waals surface area contributed by atoms with Crippen molar-refractivity contribution in [3.8, 4) is 78.4 Å². The van der Waals surface area contributed by atoms with Gasteiger partial charge in [0.15, 0.2) is 5.82 Å². The van der Waals surface area contributed by atoms with Gasteiger partial charge in [0.2, 0.25) is 0 Å². The summed E-state index contributed by atoms with van der Waals surface area (Å²) in [6.07, 6.45) is 0. The average molecular weight is 956 g/mol. The predicted molar refractivity (Wildman–Crippen MR) is 307 cm³/mol. The van der Waals surface area contributed by atoms with Crippen LogP contribution in [0.3, 0.4) is 0 Å². The Morgan fingerprint density at radius 2 is 0.800 bits per heavy atom. The quantitative estimate of drug-likeness (QED) is 0.152. The number of anilines is 3. The number of aromatic nitrogens is 2. The summed E-state index contributed by atoms with van der Waals surface area (Å²) in [5.74, 6) is 0.678. The molecule has 15 rings (SSSR count). The summed E-state index contributed by atoms with van der Waals surface area (Å²) in [6.45, 7) is 0. The molecular formula is C71H45N3O. The molecule has 2 aromatic heterocycles. The first-order chi connectivity index (χ1) is 37.2. The van der Waals surface area contributed by atoms with Crippen molar-refractivity contribution in [2.45, 2.75) is 5.41 Å². The van der Waals surface area contributed by atoms with Gasteiger partial charge < -0.3 is 9.32 Å². The van der Waals surface area contributed by atoms with Gasteiger partial charge in [-0.2, -0.15) is 0 Å². The molecule has 75 heavy (non-hydrogen) atoms. The summed E-state index contributed by atoms with van der Waals surface area (Å²) in [5, 5.41) is 2.06. The molecule has 0 bridgehead atoms. The zero-order valence-corrected chi connectivity index (χ0v) is 40.7. The van der Waals surface area contributed by atoms with Gasteiger partial charge in [-0.3, -0.25) is 0 Å². The molecule has 0 atom stereocenters. The lowest BCUT2D eigenvalue weighted by Gasteiger charge is -2.32. The van der Waals surface area contributed by atoms with Crippen LogP contribution in [-0.4, -0.2) is 9.97 Å². The molecule has 2 aliphatic rings. The molecule has 0 aliphatic heterocycles. The molecule has 2 heterocycles. The molecule has 11 aromatic carbocycles. The van der Waals surface area contributed by atoms with Gasteiger partial charge >= 0.3 is 0 Å². The number of benzene rings is 11. The molecule has 0 N–H and O–H groups in total. The standard InChI is InChI=1S/C71H45N3O/c1-4-18-46(19-5-1)47-34-39-52(40-35-47)74(65-32-17-31-62-69(65)56-26-12-15-30-61(56)71(62)59-28-13-10-24-54(59)55-25-11-14-29-60(55)71)53-41-36-48(37-42-53)51-38-43-66-58(44-51)68-57(27-16-33-67(68)75-66)64-45-63(49-20-6-2-7-21-49)72-70(73-64)50-22-8-3-9-23-50/h1-45H. The van der Waals surface area contributed by atoms with Crippen LogP contribution < -0.4 is 4.90 Å². The van der Waals surface area contributed by atoms with Crippen LogP contribution in [0.25, 0.3) is 100 Å². The summed E-state index contributed by atoms with van der Waals surface area (Å²) >= 11 is 0. The third kappa shape index (κ3) is 6.70. The highest BCUT2D eigenvalue weighted by atomic mass is 16.3. The van der Waals surface area contributed by atoms with Crippen molar-refractivity contribution in [3.63, 3.8) is 0 Å². The molecule has 0 unspecified atom stereocenters. The molecule has 0 fully saturated rings. The second-order valence-electron chi connectivity index (χ2n) is 19.6. The molecule has 0 saturated heterocycles. The van der Waals surface area contributed by atoms with E-state index >= 15 is 0 Å². The number of furan rings is 1. The van der Waals surface area contributed by atoms with Crippen molar-refractivity contribution >= 4 is 39.0 Å². The number of hydrogen-bond acceptors (Lipinski definition) is 4. The van der Waals surface area contributed by atoms with Crippen LogP contribution in [0.15, 0.2) is 277 Å². The van der Waals surface area contributed by atoms with Gasteiger partial charge in [-0.05, 0) is 116 Å². The van der Waals surface area contributed by atoms with Crippen molar-refractivity contribution in [1.29, 1.82) is 0 Å². The van der Waals surface area contributed by atoms with E-state index in [9.17, 15) is 0 Å². The van der Waals surface area contributed by atoms with Crippen LogP contribution >= 0.6 is 0 Å². The van der Waals surface area contributed by atoms with E-state index in [-0.39, 0.29) is 0 Å². The minimum Gasteiger partial charge on any atom is -0.456 e. The second kappa shape index (κ2) is 17.1. The van der Waals surface area contributed by atoms with Crippen LogP contribution in [0, 0.1) is 0 Å². The summed E-state index contributed by atoms with van der Waals surface area (Å²) in [7, 11) is 0. The molecule has 13 aromatic rings. The first-order valence-corrected chi connectivity index (χ1v) is 25.6. The SMILES string of the molecule is c1ccc(-c2ccc(N(c3ccc(-c4ccc5oc6cccc(-c7cc(-c8ccccc8)nc(-c8ccccc8)n7)c6c5c4)cc3)c3cccc4c3-c3ccccc3C43c4ccccc4-c4ccccc43)cc2)cc1. The Kier molecular flexibility index (Phi) is 9.76. The highest BCUT2D eigenvalue weighted by Gasteiger charge is 2.52. The van der Waals surface area contributed by atoms with E-state index in [1.165, 1.54) is 55.6 Å². The smallest absolute Gasteiger partial charge is 0.160 e. The van der Waals surface area contributed by atoms with Crippen molar-refractivity contribution < 1.29 is 4.42 Å². The van der Waals surface area contributed by atoms with Crippen LogP contribution in [0.1, 0.15) is 22.3 Å². The lowest BCUT2D eigenvalue weighted by molar-refractivity contribution is 0.669. The lowest BCUT2D eigenvalue weighted by atomic mass is 9.70. The maximum absolute atomic E-state index is 6.61. The largest absolute Gasteiger partial charge is 0.456 e. The first-order valence-electron chi connectivity index (χ1n) is 25.6. The zero-order chi connectivity index (χ0) is 49.5. The number of hydrogen-bond donors (Lipinski definition) is 0. The van der Waals surface area contributed by atoms with Crippen LogP contribution in [0.4, 0.5) is 17.1 Å². The maximum Gasteiger partial charge on any atom is 0.160 e. The van der Waals surface area contributed by atoms with E-state index in [1.807, 2.05) is 24.3 Å². The molecule has 4 heteroatoms. The van der Waals surface area contributed by atoms with Gasteiger partial charge in [-0.15, -0.1) is 0 Å². The van der Waals surface area contributed by atoms with E-state index in [0.29, 0.717) is 5.82 Å². The monoisotopic (exact) mass is 955 g/mol. The third-order valence-electron chi connectivity index (χ3n) is 15.5. The van der Waals surface area contributed by atoms with E-state index in [1.54, 1.807) is 0 Å². The normalized spacial score (nSPS) is 12.6. The molecule has 0 radical (unpaired) electrons. The fourth-order valence-electron chi connectivity index (χ4n) is 12.3. The Balaban J connectivity index is 0.876. The molecule has 0 amide bonds. The number of nitrogens with zero attached hydrogens (tertiary/aromatic N) is 3. The maximum atomic E-state index is 6.61. The zero-order valence-electron chi connectivity index (χ0n) is 40.7. The van der Waals surface area contributed by atoms with E-state index in [2.05, 4.69) is 254 Å². The summed E-state index contributed by atoms with van der Waals surface area (Å²) in [6, 6.07) is 98.2.